The maximum absolute atomic E-state index is 8.89. The van der Waals surface area contributed by atoms with Gasteiger partial charge in [0.2, 0.25) is 0 Å². The fourth-order valence-corrected chi connectivity index (χ4v) is 0.642. The molecule has 0 aromatic rings. The van der Waals surface area contributed by atoms with Crippen LogP contribution in [-0.4, -0.2) is 12.5 Å². The zero-order valence-corrected chi connectivity index (χ0v) is 6.17. The van der Waals surface area contributed by atoms with Crippen molar-refractivity contribution >= 4 is 5.97 Å². The maximum Gasteiger partial charge on any atom is 0.0885 e. The monoisotopic (exact) mass is 143 g/mol. The first-order valence-electron chi connectivity index (χ1n) is 3.39. The van der Waals surface area contributed by atoms with Crippen molar-refractivity contribution < 1.29 is 15.2 Å². The van der Waals surface area contributed by atoms with Crippen LogP contribution in [0.25, 0.3) is 0 Å². The normalized spacial score (nSPS) is 15.3. The number of aliphatic carboxylic acids is 1. The van der Waals surface area contributed by atoms with Crippen LogP contribution in [0.2, 0.25) is 0 Å². The summed E-state index contributed by atoms with van der Waals surface area (Å²) >= 11 is 0. The highest BCUT2D eigenvalue weighted by molar-refractivity contribution is 5.60. The van der Waals surface area contributed by atoms with Gasteiger partial charge in [-0.25, -0.2) is 0 Å². The molecule has 1 rings (SSSR count). The second-order valence-electron chi connectivity index (χ2n) is 2.09. The standard InChI is InChI=1S/C5H9N.C2H4O2/c1-2-4-6-5-3-1;1-2(3)4/h2,4,6H,1,3,5H2;1H3,(H,3,4). The number of carboxylic acid groups (broad SMARTS) is 1. The molecule has 0 aliphatic carbocycles. The van der Waals surface area contributed by atoms with Crippen molar-refractivity contribution in [2.75, 3.05) is 6.54 Å². The van der Waals surface area contributed by atoms with Gasteiger partial charge >= 0.3 is 0 Å². The number of carboxylic acids is 1. The van der Waals surface area contributed by atoms with Gasteiger partial charge in [-0.1, -0.05) is 0 Å². The number of hydrogen-bond donors (Lipinski definition) is 1. The van der Waals surface area contributed by atoms with E-state index in [1.54, 1.807) is 0 Å². The molecule has 58 valence electrons. The number of allylic oxidation sites excluding steroid dienone is 1. The third-order valence-electron chi connectivity index (χ3n) is 1.01. The Kier molecular flexibility index (Phi) is 5.77. The van der Waals surface area contributed by atoms with Gasteiger partial charge in [0.1, 0.15) is 0 Å². The third kappa shape index (κ3) is 10.2. The van der Waals surface area contributed by atoms with Crippen molar-refractivity contribution in [2.24, 2.45) is 0 Å². The Bertz CT molecular complexity index is 109. The number of hydrogen-bond acceptors (Lipinski definition) is 2. The molecule has 0 aromatic heterocycles. The third-order valence-corrected chi connectivity index (χ3v) is 1.01. The molecule has 0 fully saturated rings. The largest absolute Gasteiger partial charge is 0.550 e. The van der Waals surface area contributed by atoms with Crippen molar-refractivity contribution in [1.29, 1.82) is 0 Å². The Balaban J connectivity index is 0.000000180. The SMILES string of the molecule is C1=C[NH2+]CCC1.CC(=O)[O-]. The van der Waals surface area contributed by atoms with E-state index in [-0.39, 0.29) is 0 Å². The molecule has 0 unspecified atom stereocenters. The number of nitrogens with two attached hydrogens (primary N) is 1. The van der Waals surface area contributed by atoms with Crippen molar-refractivity contribution in [2.45, 2.75) is 19.8 Å². The Morgan fingerprint density at radius 3 is 2.40 bits per heavy atom. The van der Waals surface area contributed by atoms with Gasteiger partial charge in [0, 0.05) is 12.4 Å². The van der Waals surface area contributed by atoms with Crippen molar-refractivity contribution in [1.82, 2.24) is 0 Å². The predicted octanol–water partition coefficient (Wildman–Crippen LogP) is -1.39. The van der Waals surface area contributed by atoms with Gasteiger partial charge in [0.15, 0.2) is 0 Å². The fourth-order valence-electron chi connectivity index (χ4n) is 0.642. The van der Waals surface area contributed by atoms with Crippen LogP contribution in [0.5, 0.6) is 0 Å². The summed E-state index contributed by atoms with van der Waals surface area (Å²) in [5.74, 6) is -1.08. The Morgan fingerprint density at radius 1 is 1.70 bits per heavy atom. The van der Waals surface area contributed by atoms with E-state index < -0.39 is 5.97 Å². The highest BCUT2D eigenvalue weighted by atomic mass is 16.4. The highest BCUT2D eigenvalue weighted by Crippen LogP contribution is 1.86. The molecule has 0 amide bonds. The molecule has 0 radical (unpaired) electrons. The van der Waals surface area contributed by atoms with Crippen molar-refractivity contribution in [3.8, 4) is 0 Å². The molecule has 2 N–H and O–H groups in total. The topological polar surface area (TPSA) is 56.7 Å². The average molecular weight is 143 g/mol. The summed E-state index contributed by atoms with van der Waals surface area (Å²) in [4.78, 5) is 8.89. The number of quaternary nitrogens is 1. The summed E-state index contributed by atoms with van der Waals surface area (Å²) in [5, 5.41) is 11.1. The lowest BCUT2D eigenvalue weighted by atomic mass is 10.2. The van der Waals surface area contributed by atoms with Crippen LogP contribution in [0.15, 0.2) is 12.3 Å². The molecule has 1 aliphatic heterocycles. The number of carbonyl (C=O) groups excluding carboxylic acids is 1. The second-order valence-corrected chi connectivity index (χ2v) is 2.09. The Morgan fingerprint density at radius 2 is 2.30 bits per heavy atom. The first kappa shape index (κ1) is 9.17. The van der Waals surface area contributed by atoms with E-state index >= 15 is 0 Å². The van der Waals surface area contributed by atoms with E-state index in [9.17, 15) is 0 Å². The van der Waals surface area contributed by atoms with Gasteiger partial charge in [-0.15, -0.1) is 0 Å². The fraction of sp³-hybridized carbons (Fsp3) is 0.571. The van der Waals surface area contributed by atoms with Crippen LogP contribution in [0.4, 0.5) is 0 Å². The van der Waals surface area contributed by atoms with E-state index in [4.69, 9.17) is 9.90 Å². The molecule has 3 nitrogen and oxygen atoms in total. The molecule has 0 saturated heterocycles. The molecular formula is C7H13NO2. The molecule has 0 aromatic carbocycles. The lowest BCUT2D eigenvalue weighted by molar-refractivity contribution is -0.591. The number of carbonyl (C=O) groups is 1. The first-order valence-corrected chi connectivity index (χ1v) is 3.39. The van der Waals surface area contributed by atoms with E-state index in [2.05, 4.69) is 17.6 Å². The lowest BCUT2D eigenvalue weighted by Gasteiger charge is -1.96. The van der Waals surface area contributed by atoms with Gasteiger partial charge in [-0.05, 0) is 19.4 Å². The van der Waals surface area contributed by atoms with Crippen LogP contribution < -0.4 is 10.4 Å². The van der Waals surface area contributed by atoms with Gasteiger partial charge in [-0.3, -0.25) is 0 Å². The highest BCUT2D eigenvalue weighted by Gasteiger charge is 1.89. The van der Waals surface area contributed by atoms with Gasteiger partial charge < -0.3 is 15.2 Å². The summed E-state index contributed by atoms with van der Waals surface area (Å²) in [6.45, 7) is 2.26. The minimum Gasteiger partial charge on any atom is -0.550 e. The van der Waals surface area contributed by atoms with Crippen LogP contribution in [0.1, 0.15) is 19.8 Å². The van der Waals surface area contributed by atoms with E-state index in [1.165, 1.54) is 19.4 Å². The Labute approximate surface area is 60.7 Å². The quantitative estimate of drug-likeness (QED) is 0.454. The lowest BCUT2D eigenvalue weighted by Crippen LogP contribution is -2.78. The number of rotatable bonds is 0. The summed E-state index contributed by atoms with van der Waals surface area (Å²) in [6, 6.07) is 0. The van der Waals surface area contributed by atoms with Crippen molar-refractivity contribution in [3.05, 3.63) is 12.3 Å². The van der Waals surface area contributed by atoms with Crippen LogP contribution in [0.3, 0.4) is 0 Å². The molecule has 3 heteroatoms. The molecule has 0 bridgehead atoms. The van der Waals surface area contributed by atoms with E-state index in [1.807, 2.05) is 0 Å². The van der Waals surface area contributed by atoms with E-state index in [0.717, 1.165) is 6.92 Å². The minimum absolute atomic E-state index is 0.972. The summed E-state index contributed by atoms with van der Waals surface area (Å²) in [6.07, 6.45) is 7.00. The minimum atomic E-state index is -1.08. The van der Waals surface area contributed by atoms with Gasteiger partial charge in [0.25, 0.3) is 0 Å². The first-order chi connectivity index (χ1) is 4.73. The smallest absolute Gasteiger partial charge is 0.0885 e. The molecule has 0 spiro atoms. The molecule has 1 aliphatic rings. The molecule has 1 heterocycles. The zero-order chi connectivity index (χ0) is 7.82. The van der Waals surface area contributed by atoms with Gasteiger partial charge in [-0.2, -0.15) is 0 Å². The molecule has 0 saturated carbocycles. The molecular weight excluding hydrogens is 130 g/mol. The maximum atomic E-state index is 8.89. The summed E-state index contributed by atoms with van der Waals surface area (Å²) in [5.41, 5.74) is 0. The second kappa shape index (κ2) is 6.29. The zero-order valence-electron chi connectivity index (χ0n) is 6.17. The van der Waals surface area contributed by atoms with Gasteiger partial charge in [0.05, 0.1) is 12.7 Å². The predicted molar refractivity (Wildman–Crippen MR) is 35.8 cm³/mol. The van der Waals surface area contributed by atoms with Crippen LogP contribution in [0, 0.1) is 0 Å². The van der Waals surface area contributed by atoms with Crippen LogP contribution >= 0.6 is 0 Å². The van der Waals surface area contributed by atoms with Crippen LogP contribution in [-0.2, 0) is 4.79 Å². The molecule has 10 heavy (non-hydrogen) atoms. The average Bonchev–Trinajstić information content (AvgIpc) is 1.90. The Hall–Kier alpha value is -0.830. The molecule has 0 atom stereocenters. The van der Waals surface area contributed by atoms with E-state index in [0.29, 0.717) is 0 Å². The summed E-state index contributed by atoms with van der Waals surface area (Å²) in [7, 11) is 0. The summed E-state index contributed by atoms with van der Waals surface area (Å²) < 4.78 is 0. The van der Waals surface area contributed by atoms with Crippen molar-refractivity contribution in [3.63, 3.8) is 0 Å².